The molecule has 0 bridgehead atoms. The largest absolute Gasteiger partial charge is 0.354 e. The molecule has 0 radical (unpaired) electrons. The van der Waals surface area contributed by atoms with Gasteiger partial charge in [0.05, 0.1) is 16.1 Å². The molecule has 88 valence electrons. The maximum Gasteiger partial charge on any atom is 0.145 e. The van der Waals surface area contributed by atoms with E-state index in [9.17, 15) is 0 Å². The third kappa shape index (κ3) is 2.94. The van der Waals surface area contributed by atoms with E-state index in [1.807, 2.05) is 6.07 Å². The predicted molar refractivity (Wildman–Crippen MR) is 68.2 cm³/mol. The SMILES string of the molecule is C[SiH2]C1(OCc2ccccc2)CCCCO1. The Bertz CT molecular complexity index is 307. The van der Waals surface area contributed by atoms with Gasteiger partial charge < -0.3 is 9.47 Å². The molecule has 0 aliphatic carbocycles. The molecule has 1 aliphatic rings. The summed E-state index contributed by atoms with van der Waals surface area (Å²) in [5.74, 6) is 0. The van der Waals surface area contributed by atoms with Crippen molar-refractivity contribution in [2.24, 2.45) is 0 Å². The van der Waals surface area contributed by atoms with Gasteiger partial charge in [-0.3, -0.25) is 0 Å². The van der Waals surface area contributed by atoms with Crippen molar-refractivity contribution in [3.8, 4) is 0 Å². The van der Waals surface area contributed by atoms with Crippen LogP contribution in [0.2, 0.25) is 6.55 Å². The zero-order valence-electron chi connectivity index (χ0n) is 9.95. The zero-order chi connectivity index (χ0) is 11.3. The number of rotatable bonds is 4. The van der Waals surface area contributed by atoms with Crippen LogP contribution >= 0.6 is 0 Å². The lowest BCUT2D eigenvalue weighted by molar-refractivity contribution is -0.206. The van der Waals surface area contributed by atoms with Gasteiger partial charge in [0.15, 0.2) is 0 Å². The van der Waals surface area contributed by atoms with Crippen molar-refractivity contribution >= 4 is 9.52 Å². The van der Waals surface area contributed by atoms with Crippen LogP contribution in [0.4, 0.5) is 0 Å². The van der Waals surface area contributed by atoms with Crippen LogP contribution in [-0.2, 0) is 16.1 Å². The van der Waals surface area contributed by atoms with Gasteiger partial charge in [-0.25, -0.2) is 0 Å². The highest BCUT2D eigenvalue weighted by atomic mass is 28.2. The summed E-state index contributed by atoms with van der Waals surface area (Å²) in [6, 6.07) is 10.3. The molecule has 0 saturated carbocycles. The van der Waals surface area contributed by atoms with Gasteiger partial charge in [0, 0.05) is 6.61 Å². The van der Waals surface area contributed by atoms with Gasteiger partial charge >= 0.3 is 0 Å². The normalized spacial score (nSPS) is 26.3. The quantitative estimate of drug-likeness (QED) is 0.747. The third-order valence-electron chi connectivity index (χ3n) is 3.20. The number of hydrogen-bond donors (Lipinski definition) is 0. The molecule has 2 nitrogen and oxygen atoms in total. The first kappa shape index (κ1) is 11.8. The van der Waals surface area contributed by atoms with E-state index in [0.29, 0.717) is 6.61 Å². The maximum absolute atomic E-state index is 6.05. The Morgan fingerprint density at radius 3 is 2.75 bits per heavy atom. The molecule has 0 aromatic heterocycles. The molecule has 1 heterocycles. The average Bonchev–Trinajstić information content (AvgIpc) is 2.39. The van der Waals surface area contributed by atoms with Gasteiger partial charge in [-0.1, -0.05) is 36.9 Å². The summed E-state index contributed by atoms with van der Waals surface area (Å²) in [6.45, 7) is 3.83. The van der Waals surface area contributed by atoms with Crippen molar-refractivity contribution in [3.63, 3.8) is 0 Å². The van der Waals surface area contributed by atoms with E-state index in [-0.39, 0.29) is 14.9 Å². The monoisotopic (exact) mass is 236 g/mol. The molecule has 2 rings (SSSR count). The minimum atomic E-state index is -0.299. The van der Waals surface area contributed by atoms with Crippen molar-refractivity contribution in [3.05, 3.63) is 35.9 Å². The molecule has 1 aromatic rings. The van der Waals surface area contributed by atoms with Crippen LogP contribution in [0.15, 0.2) is 30.3 Å². The molecule has 1 unspecified atom stereocenters. The van der Waals surface area contributed by atoms with Crippen LogP contribution in [0.3, 0.4) is 0 Å². The fourth-order valence-corrected chi connectivity index (χ4v) is 3.37. The van der Waals surface area contributed by atoms with Crippen LogP contribution in [0, 0.1) is 0 Å². The van der Waals surface area contributed by atoms with Crippen molar-refractivity contribution in [1.82, 2.24) is 0 Å². The van der Waals surface area contributed by atoms with E-state index in [2.05, 4.69) is 30.8 Å². The molecule has 0 spiro atoms. The lowest BCUT2D eigenvalue weighted by Crippen LogP contribution is -2.43. The first-order valence-corrected chi connectivity index (χ1v) is 8.29. The fraction of sp³-hybridized carbons (Fsp3) is 0.538. The molecule has 1 fully saturated rings. The molecule has 1 aromatic carbocycles. The lowest BCUT2D eigenvalue weighted by Gasteiger charge is -2.36. The lowest BCUT2D eigenvalue weighted by atomic mass is 10.2. The van der Waals surface area contributed by atoms with Crippen molar-refractivity contribution in [2.45, 2.75) is 37.8 Å². The minimum Gasteiger partial charge on any atom is -0.354 e. The van der Waals surface area contributed by atoms with Crippen molar-refractivity contribution < 1.29 is 9.47 Å². The number of hydrogen-bond acceptors (Lipinski definition) is 2. The molecule has 1 saturated heterocycles. The zero-order valence-corrected chi connectivity index (χ0v) is 11.4. The Morgan fingerprint density at radius 1 is 1.31 bits per heavy atom. The Balaban J connectivity index is 1.92. The highest BCUT2D eigenvalue weighted by Crippen LogP contribution is 2.26. The van der Waals surface area contributed by atoms with Gasteiger partial charge in [-0.2, -0.15) is 0 Å². The molecule has 0 N–H and O–H groups in total. The summed E-state index contributed by atoms with van der Waals surface area (Å²) in [7, 11) is -0.299. The van der Waals surface area contributed by atoms with Crippen molar-refractivity contribution in [2.75, 3.05) is 6.61 Å². The summed E-state index contributed by atoms with van der Waals surface area (Å²) in [4.78, 5) is 0. The smallest absolute Gasteiger partial charge is 0.145 e. The van der Waals surface area contributed by atoms with Crippen LogP contribution in [-0.4, -0.2) is 21.5 Å². The summed E-state index contributed by atoms with van der Waals surface area (Å²) in [5, 5.41) is 0. The highest BCUT2D eigenvalue weighted by Gasteiger charge is 2.32. The second-order valence-corrected chi connectivity index (χ2v) is 6.13. The summed E-state index contributed by atoms with van der Waals surface area (Å²) in [5.41, 5.74) is 1.05. The van der Waals surface area contributed by atoms with Gasteiger partial charge in [0.2, 0.25) is 0 Å². The molecule has 0 amide bonds. The number of benzene rings is 1. The molecule has 16 heavy (non-hydrogen) atoms. The summed E-state index contributed by atoms with van der Waals surface area (Å²) in [6.07, 6.45) is 3.52. The standard InChI is InChI=1S/C13H20O2Si/c1-16-13(9-5-6-10-14-13)15-11-12-7-3-2-4-8-12/h2-4,7-8H,5-6,9-11,16H2,1H3. The van der Waals surface area contributed by atoms with Crippen LogP contribution in [0.5, 0.6) is 0 Å². The average molecular weight is 236 g/mol. The Hall–Kier alpha value is -0.643. The van der Waals surface area contributed by atoms with E-state index < -0.39 is 0 Å². The molecule has 3 heteroatoms. The minimum absolute atomic E-state index is 0.186. The van der Waals surface area contributed by atoms with Crippen LogP contribution in [0.25, 0.3) is 0 Å². The first-order valence-electron chi connectivity index (χ1n) is 6.16. The maximum atomic E-state index is 6.05. The molecule has 1 atom stereocenters. The Morgan fingerprint density at radius 2 is 2.12 bits per heavy atom. The fourth-order valence-electron chi connectivity index (χ4n) is 2.11. The third-order valence-corrected chi connectivity index (χ3v) is 5.04. The van der Waals surface area contributed by atoms with Crippen molar-refractivity contribution in [1.29, 1.82) is 0 Å². The first-order chi connectivity index (χ1) is 7.85. The second-order valence-electron chi connectivity index (χ2n) is 4.34. The van der Waals surface area contributed by atoms with Gasteiger partial charge in [0.25, 0.3) is 0 Å². The molecular formula is C13H20O2Si. The summed E-state index contributed by atoms with van der Waals surface area (Å²) >= 11 is 0. The van der Waals surface area contributed by atoms with E-state index in [4.69, 9.17) is 9.47 Å². The van der Waals surface area contributed by atoms with E-state index in [0.717, 1.165) is 13.0 Å². The van der Waals surface area contributed by atoms with Crippen LogP contribution < -0.4 is 0 Å². The second kappa shape index (κ2) is 5.62. The number of ether oxygens (including phenoxy) is 2. The topological polar surface area (TPSA) is 18.5 Å². The van der Waals surface area contributed by atoms with Crippen LogP contribution in [0.1, 0.15) is 24.8 Å². The van der Waals surface area contributed by atoms with E-state index in [1.165, 1.54) is 18.4 Å². The van der Waals surface area contributed by atoms with Gasteiger partial charge in [-0.15, -0.1) is 0 Å². The molecular weight excluding hydrogens is 216 g/mol. The predicted octanol–water partition coefficient (Wildman–Crippen LogP) is 2.27. The Labute approximate surface area is 99.8 Å². The van der Waals surface area contributed by atoms with E-state index in [1.54, 1.807) is 0 Å². The van der Waals surface area contributed by atoms with Gasteiger partial charge in [0.1, 0.15) is 5.41 Å². The van der Waals surface area contributed by atoms with Gasteiger partial charge in [-0.05, 0) is 24.8 Å². The van der Waals surface area contributed by atoms with E-state index >= 15 is 0 Å². The Kier molecular flexibility index (Phi) is 4.15. The molecule has 1 aliphatic heterocycles. The summed E-state index contributed by atoms with van der Waals surface area (Å²) < 4.78 is 11.9. The highest BCUT2D eigenvalue weighted by molar-refractivity contribution is 6.37.